The Labute approximate surface area is 462 Å². The maximum atomic E-state index is 11.9. The molecule has 0 bridgehead atoms. The van der Waals surface area contributed by atoms with Crippen LogP contribution in [0.15, 0.2) is 115 Å². The van der Waals surface area contributed by atoms with E-state index in [-0.39, 0.29) is 31.1 Å². The summed E-state index contributed by atoms with van der Waals surface area (Å²) < 4.78 is 14.0. The van der Waals surface area contributed by atoms with Gasteiger partial charge in [-0.3, -0.25) is 14.4 Å². The fourth-order valence-electron chi connectivity index (χ4n) is 6.93. The highest BCUT2D eigenvalue weighted by Crippen LogP contribution is 2.33. The number of halogens is 2. The highest BCUT2D eigenvalue weighted by molar-refractivity contribution is 9.10. The molecule has 9 heteroatoms. The molecule has 7 unspecified atom stereocenters. The number of benzene rings is 4. The first-order chi connectivity index (χ1) is 34.5. The predicted octanol–water partition coefficient (Wildman–Crippen LogP) is 18.2. The SMILES string of the molecule is CC(CC(CCCCOC(=O)C(C)(C)C)c1ccccc1)c1ccccc1.CCC(C)(Br)C(=O)OCCO.CCC(C)c1ccc(C(C)CC)cc1.CCC(C)c1ccccc1.CCCOC(=O)C(C)(Br)CC. The second-order valence-electron chi connectivity index (χ2n) is 20.6. The van der Waals surface area contributed by atoms with Crippen LogP contribution < -0.4 is 0 Å². The van der Waals surface area contributed by atoms with E-state index in [1.54, 1.807) is 6.92 Å². The number of esters is 3. The Morgan fingerprint density at radius 2 is 0.808 bits per heavy atom. The zero-order chi connectivity index (χ0) is 55.5. The van der Waals surface area contributed by atoms with Gasteiger partial charge in [-0.25, -0.2) is 0 Å². The van der Waals surface area contributed by atoms with E-state index in [0.29, 0.717) is 49.2 Å². The summed E-state index contributed by atoms with van der Waals surface area (Å²) in [5.41, 5.74) is 6.78. The van der Waals surface area contributed by atoms with Crippen molar-refractivity contribution in [2.45, 2.75) is 206 Å². The molecule has 0 amide bonds. The molecule has 1 N–H and O–H groups in total. The summed E-state index contributed by atoms with van der Waals surface area (Å²) in [6.07, 6.45) is 10.2. The van der Waals surface area contributed by atoms with Gasteiger partial charge >= 0.3 is 17.9 Å². The Kier molecular flexibility index (Phi) is 36.7. The Morgan fingerprint density at radius 1 is 0.466 bits per heavy atom. The van der Waals surface area contributed by atoms with Crippen molar-refractivity contribution >= 4 is 49.8 Å². The smallest absolute Gasteiger partial charge is 0.322 e. The van der Waals surface area contributed by atoms with E-state index in [2.05, 4.69) is 196 Å². The van der Waals surface area contributed by atoms with Gasteiger partial charge in [-0.05, 0) is 156 Å². The van der Waals surface area contributed by atoms with Crippen LogP contribution in [0, 0.1) is 5.41 Å². The lowest BCUT2D eigenvalue weighted by molar-refractivity contribution is -0.153. The van der Waals surface area contributed by atoms with E-state index in [0.717, 1.165) is 38.5 Å². The Balaban J connectivity index is 0.000000956. The number of rotatable bonds is 23. The van der Waals surface area contributed by atoms with E-state index in [1.807, 2.05) is 48.5 Å². The van der Waals surface area contributed by atoms with E-state index in [4.69, 9.17) is 19.3 Å². The highest BCUT2D eigenvalue weighted by atomic mass is 79.9. The molecule has 0 radical (unpaired) electrons. The fourth-order valence-corrected chi connectivity index (χ4v) is 7.16. The molecule has 0 heterocycles. The van der Waals surface area contributed by atoms with E-state index >= 15 is 0 Å². The largest absolute Gasteiger partial charge is 0.465 e. The van der Waals surface area contributed by atoms with Crippen LogP contribution in [0.4, 0.5) is 0 Å². The summed E-state index contributed by atoms with van der Waals surface area (Å²) in [6.45, 7) is 31.9. The summed E-state index contributed by atoms with van der Waals surface area (Å²) >= 11 is 6.52. The number of unbranched alkanes of at least 4 members (excludes halogenated alkanes) is 1. The van der Waals surface area contributed by atoms with Gasteiger partial charge < -0.3 is 19.3 Å². The van der Waals surface area contributed by atoms with Crippen LogP contribution in [0.1, 0.15) is 225 Å². The van der Waals surface area contributed by atoms with Crippen LogP contribution in [0.25, 0.3) is 0 Å². The lowest BCUT2D eigenvalue weighted by Gasteiger charge is -2.22. The van der Waals surface area contributed by atoms with Crippen LogP contribution in [-0.4, -0.2) is 58.1 Å². The standard InChI is InChI=1S/C25H34O2.C14H22.C10H14.C8H15BrO2.C7H13BrO3/c1-20(21-13-7-5-8-14-21)19-23(22-15-9-6-10-16-22)17-11-12-18-27-24(26)25(2,3)4;1-5-11(3)13-7-9-14(10-8-13)12(4)6-2;1-3-9(2)10-7-5-4-6-8-10;1-4-6-11-7(10)8(3,9)5-2;1-3-7(2,8)6(10)11-5-4-9/h5-10,13-16,20,23H,11-12,17-19H2,1-4H3;7-12H,5-6H2,1-4H3;4-9H,3H2,1-2H3;4-6H2,1-3H3;9H,3-5H2,1-2H3. The lowest BCUT2D eigenvalue weighted by atomic mass is 9.83. The first kappa shape index (κ1) is 69.2. The maximum Gasteiger partial charge on any atom is 0.322 e. The van der Waals surface area contributed by atoms with Crippen molar-refractivity contribution in [2.75, 3.05) is 26.4 Å². The van der Waals surface area contributed by atoms with Crippen molar-refractivity contribution in [3.63, 3.8) is 0 Å². The number of alkyl halides is 2. The van der Waals surface area contributed by atoms with Crippen LogP contribution in [0.5, 0.6) is 0 Å². The average Bonchev–Trinajstić information content (AvgIpc) is 3.41. The van der Waals surface area contributed by atoms with Crippen molar-refractivity contribution in [3.8, 4) is 0 Å². The molecule has 4 rings (SSSR count). The zero-order valence-corrected chi connectivity index (χ0v) is 51.1. The highest BCUT2D eigenvalue weighted by Gasteiger charge is 2.30. The third-order valence-electron chi connectivity index (χ3n) is 13.3. The number of hydrogen-bond donors (Lipinski definition) is 1. The van der Waals surface area contributed by atoms with Crippen molar-refractivity contribution in [2.24, 2.45) is 5.41 Å². The van der Waals surface area contributed by atoms with Crippen molar-refractivity contribution in [1.29, 1.82) is 0 Å². The number of hydrogen-bond acceptors (Lipinski definition) is 7. The van der Waals surface area contributed by atoms with Gasteiger partial charge in [0.15, 0.2) is 0 Å². The molecule has 0 aliphatic rings. The number of carbonyl (C=O) groups excluding carboxylic acids is 3. The number of ether oxygens (including phenoxy) is 3. The average molecular weight is 1140 g/mol. The molecule has 0 saturated heterocycles. The summed E-state index contributed by atoms with van der Waals surface area (Å²) in [6, 6.07) is 41.3. The second kappa shape index (κ2) is 38.7. The lowest BCUT2D eigenvalue weighted by Crippen LogP contribution is -2.30. The molecule has 4 aromatic rings. The van der Waals surface area contributed by atoms with Gasteiger partial charge in [-0.1, -0.05) is 216 Å². The molecule has 0 fully saturated rings. The number of aliphatic hydroxyl groups excluding tert-OH is 1. The van der Waals surface area contributed by atoms with Crippen molar-refractivity contribution in [1.82, 2.24) is 0 Å². The van der Waals surface area contributed by atoms with Gasteiger partial charge in [0.1, 0.15) is 15.3 Å². The minimum Gasteiger partial charge on any atom is -0.465 e. The van der Waals surface area contributed by atoms with E-state index < -0.39 is 14.1 Å². The van der Waals surface area contributed by atoms with E-state index in [1.165, 1.54) is 47.1 Å². The molecule has 410 valence electrons. The Hall–Kier alpha value is -3.79. The molecule has 4 aromatic carbocycles. The van der Waals surface area contributed by atoms with Crippen LogP contribution >= 0.6 is 31.9 Å². The fraction of sp³-hybridized carbons (Fsp3) is 0.578. The zero-order valence-electron chi connectivity index (χ0n) is 47.9. The minimum absolute atomic E-state index is 0.0695. The van der Waals surface area contributed by atoms with Crippen LogP contribution in [0.2, 0.25) is 0 Å². The Morgan fingerprint density at radius 3 is 1.15 bits per heavy atom. The quantitative estimate of drug-likeness (QED) is 0.0342. The monoisotopic (exact) mass is 1140 g/mol. The summed E-state index contributed by atoms with van der Waals surface area (Å²) in [7, 11) is 0. The molecule has 0 saturated carbocycles. The first-order valence-corrected chi connectivity index (χ1v) is 28.8. The summed E-state index contributed by atoms with van der Waals surface area (Å²) in [4.78, 5) is 34.1. The third-order valence-corrected chi connectivity index (χ3v) is 15.1. The van der Waals surface area contributed by atoms with Gasteiger partial charge in [0.25, 0.3) is 0 Å². The molecular formula is C64H98Br2O7. The third kappa shape index (κ3) is 29.8. The van der Waals surface area contributed by atoms with Gasteiger partial charge in [0.2, 0.25) is 0 Å². The predicted molar refractivity (Wildman–Crippen MR) is 316 cm³/mol. The van der Waals surface area contributed by atoms with Crippen molar-refractivity contribution < 1.29 is 33.7 Å². The van der Waals surface area contributed by atoms with Gasteiger partial charge in [0, 0.05) is 0 Å². The topological polar surface area (TPSA) is 99.1 Å². The molecule has 0 aliphatic carbocycles. The number of carbonyl (C=O) groups is 3. The summed E-state index contributed by atoms with van der Waals surface area (Å²) in [5.74, 6) is 2.55. The maximum absolute atomic E-state index is 11.9. The molecular weight excluding hydrogens is 1040 g/mol. The molecule has 0 spiro atoms. The first-order valence-electron chi connectivity index (χ1n) is 27.2. The number of aliphatic hydroxyl groups is 1. The molecule has 7 atom stereocenters. The van der Waals surface area contributed by atoms with Crippen LogP contribution in [-0.2, 0) is 28.6 Å². The molecule has 7 nitrogen and oxygen atoms in total. The summed E-state index contributed by atoms with van der Waals surface area (Å²) in [5, 5.41) is 8.36. The second-order valence-corrected chi connectivity index (χ2v) is 24.1. The minimum atomic E-state index is -0.609. The van der Waals surface area contributed by atoms with Gasteiger partial charge in [0.05, 0.1) is 25.2 Å². The van der Waals surface area contributed by atoms with E-state index in [9.17, 15) is 14.4 Å². The molecule has 73 heavy (non-hydrogen) atoms. The normalized spacial score (nSPS) is 14.5. The van der Waals surface area contributed by atoms with Crippen molar-refractivity contribution in [3.05, 3.63) is 143 Å². The van der Waals surface area contributed by atoms with Gasteiger partial charge in [-0.2, -0.15) is 0 Å². The molecule has 0 aliphatic heterocycles. The molecule has 0 aromatic heterocycles. The Bertz CT molecular complexity index is 1940. The van der Waals surface area contributed by atoms with Crippen LogP contribution in [0.3, 0.4) is 0 Å². The van der Waals surface area contributed by atoms with Gasteiger partial charge in [-0.15, -0.1) is 0 Å².